The number of aromatic nitrogens is 2. The maximum absolute atomic E-state index is 11.9. The van der Waals surface area contributed by atoms with Crippen molar-refractivity contribution in [2.75, 3.05) is 37.3 Å². The number of hydrogen-bond acceptors (Lipinski definition) is 5. The average Bonchev–Trinajstić information content (AvgIpc) is 2.85. The molecule has 0 bridgehead atoms. The Bertz CT molecular complexity index is 910. The van der Waals surface area contributed by atoms with E-state index in [1.165, 1.54) is 17.4 Å². The SMILES string of the molecule is Cc1ccc(Cc2c(C)nc(C)nc2N2CCCN(S(C)(=O)=O)CC2)cc1. The number of aryl methyl sites for hydroxylation is 3. The van der Waals surface area contributed by atoms with Gasteiger partial charge in [-0.2, -0.15) is 0 Å². The predicted octanol–water partition coefficient (Wildman–Crippen LogP) is 2.46. The summed E-state index contributed by atoms with van der Waals surface area (Å²) in [5.74, 6) is 1.69. The van der Waals surface area contributed by atoms with Crippen molar-refractivity contribution in [1.82, 2.24) is 14.3 Å². The summed E-state index contributed by atoms with van der Waals surface area (Å²) in [5, 5.41) is 0. The van der Waals surface area contributed by atoms with Crippen LogP contribution in [0.25, 0.3) is 0 Å². The van der Waals surface area contributed by atoms with Crippen LogP contribution in [0.15, 0.2) is 24.3 Å². The maximum Gasteiger partial charge on any atom is 0.211 e. The van der Waals surface area contributed by atoms with Crippen LogP contribution in [0, 0.1) is 20.8 Å². The van der Waals surface area contributed by atoms with Crippen molar-refractivity contribution in [1.29, 1.82) is 0 Å². The highest BCUT2D eigenvalue weighted by atomic mass is 32.2. The summed E-state index contributed by atoms with van der Waals surface area (Å²) in [6.45, 7) is 8.51. The lowest BCUT2D eigenvalue weighted by Gasteiger charge is -2.25. The number of anilines is 1. The van der Waals surface area contributed by atoms with E-state index in [2.05, 4.69) is 41.1 Å². The third-order valence-electron chi connectivity index (χ3n) is 5.03. The summed E-state index contributed by atoms with van der Waals surface area (Å²) in [6, 6.07) is 8.53. The van der Waals surface area contributed by atoms with Crippen LogP contribution in [-0.2, 0) is 16.4 Å². The fraction of sp³-hybridized carbons (Fsp3) is 0.500. The molecule has 7 heteroatoms. The molecular weight excluding hydrogens is 360 g/mol. The van der Waals surface area contributed by atoms with E-state index in [1.54, 1.807) is 4.31 Å². The zero-order valence-electron chi connectivity index (χ0n) is 16.6. The molecule has 0 saturated carbocycles. The summed E-state index contributed by atoms with van der Waals surface area (Å²) < 4.78 is 25.4. The number of benzene rings is 1. The quantitative estimate of drug-likeness (QED) is 0.805. The van der Waals surface area contributed by atoms with E-state index < -0.39 is 10.0 Å². The van der Waals surface area contributed by atoms with Crippen molar-refractivity contribution in [3.05, 3.63) is 52.5 Å². The molecule has 1 fully saturated rings. The first-order chi connectivity index (χ1) is 12.7. The molecule has 1 saturated heterocycles. The van der Waals surface area contributed by atoms with Crippen molar-refractivity contribution >= 4 is 15.8 Å². The molecule has 2 heterocycles. The Hall–Kier alpha value is -1.99. The van der Waals surface area contributed by atoms with Crippen LogP contribution in [0.5, 0.6) is 0 Å². The van der Waals surface area contributed by atoms with E-state index in [0.29, 0.717) is 19.6 Å². The zero-order valence-corrected chi connectivity index (χ0v) is 17.4. The highest BCUT2D eigenvalue weighted by Crippen LogP contribution is 2.25. The Kier molecular flexibility index (Phi) is 5.81. The lowest BCUT2D eigenvalue weighted by molar-refractivity contribution is 0.437. The summed E-state index contributed by atoms with van der Waals surface area (Å²) in [6.07, 6.45) is 2.84. The highest BCUT2D eigenvalue weighted by molar-refractivity contribution is 7.88. The number of rotatable bonds is 4. The van der Waals surface area contributed by atoms with E-state index in [0.717, 1.165) is 42.3 Å². The second-order valence-electron chi connectivity index (χ2n) is 7.32. The van der Waals surface area contributed by atoms with Crippen LogP contribution in [-0.4, -0.2) is 55.1 Å². The second-order valence-corrected chi connectivity index (χ2v) is 9.31. The number of hydrogen-bond donors (Lipinski definition) is 0. The van der Waals surface area contributed by atoms with Gasteiger partial charge in [0.25, 0.3) is 0 Å². The molecular formula is C20H28N4O2S. The standard InChI is InChI=1S/C20H28N4O2S/c1-15-6-8-18(9-7-15)14-19-16(2)21-17(3)22-20(19)23-10-5-11-24(13-12-23)27(4,25)26/h6-9H,5,10-14H2,1-4H3. The Morgan fingerprint density at radius 3 is 2.33 bits per heavy atom. The monoisotopic (exact) mass is 388 g/mol. The molecule has 0 aliphatic carbocycles. The molecule has 2 aromatic rings. The smallest absolute Gasteiger partial charge is 0.211 e. The first-order valence-electron chi connectivity index (χ1n) is 9.34. The highest BCUT2D eigenvalue weighted by Gasteiger charge is 2.24. The number of sulfonamides is 1. The molecule has 0 amide bonds. The first kappa shape index (κ1) is 19.8. The van der Waals surface area contributed by atoms with Crippen LogP contribution < -0.4 is 4.90 Å². The van der Waals surface area contributed by atoms with Crippen molar-refractivity contribution in [3.8, 4) is 0 Å². The minimum atomic E-state index is -3.16. The molecule has 0 N–H and O–H groups in total. The summed E-state index contributed by atoms with van der Waals surface area (Å²) in [4.78, 5) is 11.5. The van der Waals surface area contributed by atoms with Gasteiger partial charge >= 0.3 is 0 Å². The van der Waals surface area contributed by atoms with Crippen molar-refractivity contribution in [2.45, 2.75) is 33.6 Å². The van der Waals surface area contributed by atoms with Crippen molar-refractivity contribution in [3.63, 3.8) is 0 Å². The Balaban J connectivity index is 1.91. The molecule has 27 heavy (non-hydrogen) atoms. The van der Waals surface area contributed by atoms with Crippen LogP contribution in [0.2, 0.25) is 0 Å². The predicted molar refractivity (Wildman–Crippen MR) is 109 cm³/mol. The van der Waals surface area contributed by atoms with Gasteiger partial charge in [-0.3, -0.25) is 0 Å². The zero-order chi connectivity index (χ0) is 19.6. The average molecular weight is 389 g/mol. The molecule has 0 spiro atoms. The second kappa shape index (κ2) is 7.94. The molecule has 1 aromatic heterocycles. The van der Waals surface area contributed by atoms with E-state index >= 15 is 0 Å². The normalized spacial score (nSPS) is 16.4. The minimum absolute atomic E-state index is 0.491. The van der Waals surface area contributed by atoms with Gasteiger partial charge in [0.1, 0.15) is 11.6 Å². The van der Waals surface area contributed by atoms with Crippen molar-refractivity contribution in [2.24, 2.45) is 0 Å². The van der Waals surface area contributed by atoms with Gasteiger partial charge in [0.15, 0.2) is 0 Å². The van der Waals surface area contributed by atoms with Crippen molar-refractivity contribution < 1.29 is 8.42 Å². The molecule has 0 radical (unpaired) electrons. The van der Waals surface area contributed by atoms with Crippen LogP contribution >= 0.6 is 0 Å². The van der Waals surface area contributed by atoms with Gasteiger partial charge in [-0.25, -0.2) is 22.7 Å². The summed E-state index contributed by atoms with van der Waals surface area (Å²) >= 11 is 0. The molecule has 1 aliphatic heterocycles. The van der Waals surface area contributed by atoms with E-state index in [9.17, 15) is 8.42 Å². The molecule has 0 atom stereocenters. The fourth-order valence-electron chi connectivity index (χ4n) is 3.53. The van der Waals surface area contributed by atoms with Gasteiger partial charge in [-0.1, -0.05) is 29.8 Å². The fourth-order valence-corrected chi connectivity index (χ4v) is 4.41. The van der Waals surface area contributed by atoms with Gasteiger partial charge in [-0.15, -0.1) is 0 Å². The van der Waals surface area contributed by atoms with E-state index in [-0.39, 0.29) is 0 Å². The first-order valence-corrected chi connectivity index (χ1v) is 11.2. The van der Waals surface area contributed by atoms with Gasteiger partial charge in [0.2, 0.25) is 10.0 Å². The molecule has 3 rings (SSSR count). The number of nitrogens with zero attached hydrogens (tertiary/aromatic N) is 4. The Morgan fingerprint density at radius 2 is 1.67 bits per heavy atom. The largest absolute Gasteiger partial charge is 0.355 e. The summed E-state index contributed by atoms with van der Waals surface area (Å²) in [7, 11) is -3.16. The Morgan fingerprint density at radius 1 is 0.963 bits per heavy atom. The van der Waals surface area contributed by atoms with Crippen LogP contribution in [0.4, 0.5) is 5.82 Å². The van der Waals surface area contributed by atoms with Crippen LogP contribution in [0.3, 0.4) is 0 Å². The van der Waals surface area contributed by atoms with Gasteiger partial charge in [-0.05, 0) is 32.8 Å². The topological polar surface area (TPSA) is 66.4 Å². The third kappa shape index (κ3) is 4.84. The minimum Gasteiger partial charge on any atom is -0.355 e. The van der Waals surface area contributed by atoms with Crippen LogP contribution in [0.1, 0.15) is 34.6 Å². The van der Waals surface area contributed by atoms with Gasteiger partial charge in [0, 0.05) is 43.9 Å². The molecule has 0 unspecified atom stereocenters. The Labute approximate surface area is 162 Å². The molecule has 6 nitrogen and oxygen atoms in total. The van der Waals surface area contributed by atoms with Gasteiger partial charge in [0.05, 0.1) is 6.26 Å². The lowest BCUT2D eigenvalue weighted by atomic mass is 10.0. The molecule has 1 aromatic carbocycles. The summed E-state index contributed by atoms with van der Waals surface area (Å²) in [5.41, 5.74) is 4.58. The maximum atomic E-state index is 11.9. The lowest BCUT2D eigenvalue weighted by Crippen LogP contribution is -2.35. The third-order valence-corrected chi connectivity index (χ3v) is 6.33. The molecule has 146 valence electrons. The van der Waals surface area contributed by atoms with Gasteiger partial charge < -0.3 is 4.90 Å². The van der Waals surface area contributed by atoms with E-state index in [1.807, 2.05) is 13.8 Å². The molecule has 1 aliphatic rings. The van der Waals surface area contributed by atoms with E-state index in [4.69, 9.17) is 4.98 Å².